The Bertz CT molecular complexity index is 648. The van der Waals surface area contributed by atoms with Gasteiger partial charge in [-0.05, 0) is 19.1 Å². The van der Waals surface area contributed by atoms with Crippen molar-refractivity contribution in [2.45, 2.75) is 25.6 Å². The number of fused-ring (bicyclic) bond motifs is 1. The Kier molecular flexibility index (Phi) is 3.48. The van der Waals surface area contributed by atoms with Crippen LogP contribution in [0, 0.1) is 4.77 Å². The molecule has 9 heteroatoms. The Labute approximate surface area is 111 Å². The number of hydrogen-bond donors (Lipinski definition) is 1. The summed E-state index contributed by atoms with van der Waals surface area (Å²) < 4.78 is 43.9. The van der Waals surface area contributed by atoms with E-state index in [9.17, 15) is 13.2 Å². The van der Waals surface area contributed by atoms with E-state index < -0.39 is 18.6 Å². The van der Waals surface area contributed by atoms with Crippen molar-refractivity contribution in [3.8, 4) is 5.88 Å². The molecule has 19 heavy (non-hydrogen) atoms. The Morgan fingerprint density at radius 3 is 2.74 bits per heavy atom. The van der Waals surface area contributed by atoms with Gasteiger partial charge in [-0.1, -0.05) is 0 Å². The normalized spacial score (nSPS) is 13.7. The average molecular weight is 292 g/mol. The topological polar surface area (TPSA) is 55.7 Å². The minimum Gasteiger partial charge on any atom is -0.479 e. The molecule has 0 aliphatic carbocycles. The first-order chi connectivity index (χ1) is 8.83. The fourth-order valence-corrected chi connectivity index (χ4v) is 2.27. The van der Waals surface area contributed by atoms with Gasteiger partial charge in [-0.2, -0.15) is 18.2 Å². The number of aromatic nitrogens is 4. The zero-order valence-electron chi connectivity index (χ0n) is 10.2. The van der Waals surface area contributed by atoms with Crippen LogP contribution in [0.1, 0.15) is 19.4 Å². The first kappa shape index (κ1) is 13.8. The van der Waals surface area contributed by atoms with Gasteiger partial charge in [-0.25, -0.2) is 4.98 Å². The van der Waals surface area contributed by atoms with E-state index in [1.807, 2.05) is 0 Å². The second-order valence-electron chi connectivity index (χ2n) is 4.05. The van der Waals surface area contributed by atoms with Crippen LogP contribution in [-0.4, -0.2) is 32.8 Å². The number of imidazole rings is 1. The molecule has 0 spiro atoms. The molecule has 1 unspecified atom stereocenters. The first-order valence-corrected chi connectivity index (χ1v) is 5.80. The number of alkyl halides is 3. The minimum absolute atomic E-state index is 0.158. The SMILES string of the molecule is COc1ncnc2c1[nH]c(=S)n2C(C)CC(F)(F)F. The van der Waals surface area contributed by atoms with E-state index in [0.29, 0.717) is 11.2 Å². The Morgan fingerprint density at radius 2 is 2.16 bits per heavy atom. The fraction of sp³-hybridized carbons (Fsp3) is 0.500. The van der Waals surface area contributed by atoms with Crippen LogP contribution in [-0.2, 0) is 0 Å². The van der Waals surface area contributed by atoms with Crippen molar-refractivity contribution in [1.29, 1.82) is 0 Å². The van der Waals surface area contributed by atoms with Gasteiger partial charge < -0.3 is 9.72 Å². The van der Waals surface area contributed by atoms with Crippen molar-refractivity contribution in [2.75, 3.05) is 7.11 Å². The predicted molar refractivity (Wildman–Crippen MR) is 64.6 cm³/mol. The van der Waals surface area contributed by atoms with Gasteiger partial charge in [0.25, 0.3) is 0 Å². The van der Waals surface area contributed by atoms with Gasteiger partial charge in [0.1, 0.15) is 11.8 Å². The number of halogens is 3. The van der Waals surface area contributed by atoms with Crippen LogP contribution in [0.3, 0.4) is 0 Å². The van der Waals surface area contributed by atoms with E-state index in [-0.39, 0.29) is 10.7 Å². The standard InChI is InChI=1S/C10H11F3N4OS/c1-5(3-10(11,12)13)17-7-6(16-9(17)19)8(18-2)15-4-14-7/h4-5H,3H2,1-2H3,(H,16,19). The molecule has 2 aromatic rings. The average Bonchev–Trinajstić information content (AvgIpc) is 2.62. The van der Waals surface area contributed by atoms with Gasteiger partial charge in [-0.3, -0.25) is 4.57 Å². The Morgan fingerprint density at radius 1 is 1.47 bits per heavy atom. The van der Waals surface area contributed by atoms with E-state index in [0.717, 1.165) is 0 Å². The van der Waals surface area contributed by atoms with Crippen molar-refractivity contribution in [2.24, 2.45) is 0 Å². The van der Waals surface area contributed by atoms with E-state index in [2.05, 4.69) is 15.0 Å². The lowest BCUT2D eigenvalue weighted by Crippen LogP contribution is -2.17. The number of H-pyrrole nitrogens is 1. The van der Waals surface area contributed by atoms with Crippen LogP contribution in [0.2, 0.25) is 0 Å². The van der Waals surface area contributed by atoms with Crippen LogP contribution in [0.25, 0.3) is 11.2 Å². The fourth-order valence-electron chi connectivity index (χ4n) is 1.91. The summed E-state index contributed by atoms with van der Waals surface area (Å²) in [7, 11) is 1.41. The third-order valence-electron chi connectivity index (χ3n) is 2.63. The molecule has 0 saturated carbocycles. The largest absolute Gasteiger partial charge is 0.479 e. The Hall–Kier alpha value is -1.64. The van der Waals surface area contributed by atoms with Crippen molar-refractivity contribution in [3.05, 3.63) is 11.1 Å². The summed E-state index contributed by atoms with van der Waals surface area (Å²) >= 11 is 5.04. The molecule has 0 aromatic carbocycles. The molecule has 2 heterocycles. The zero-order valence-corrected chi connectivity index (χ0v) is 11.0. The lowest BCUT2D eigenvalue weighted by molar-refractivity contribution is -0.141. The van der Waals surface area contributed by atoms with Crippen LogP contribution in [0.4, 0.5) is 13.2 Å². The van der Waals surface area contributed by atoms with Gasteiger partial charge in [0, 0.05) is 6.04 Å². The molecule has 0 fully saturated rings. The second kappa shape index (κ2) is 4.80. The predicted octanol–water partition coefficient (Wildman–Crippen LogP) is 3.01. The summed E-state index contributed by atoms with van der Waals surface area (Å²) in [5.74, 6) is 0.244. The number of nitrogens with one attached hydrogen (secondary N) is 1. The second-order valence-corrected chi connectivity index (χ2v) is 4.44. The molecule has 0 aliphatic heterocycles. The molecule has 0 saturated heterocycles. The summed E-state index contributed by atoms with van der Waals surface area (Å²) in [5.41, 5.74) is 0.692. The number of ether oxygens (including phenoxy) is 1. The summed E-state index contributed by atoms with van der Waals surface area (Å²) in [5, 5.41) is 0. The number of aromatic amines is 1. The summed E-state index contributed by atoms with van der Waals surface area (Å²) in [6, 6.07) is -0.860. The van der Waals surface area contributed by atoms with E-state index in [4.69, 9.17) is 17.0 Å². The van der Waals surface area contributed by atoms with Gasteiger partial charge in [-0.15, -0.1) is 0 Å². The van der Waals surface area contributed by atoms with Gasteiger partial charge in [0.05, 0.1) is 13.5 Å². The summed E-state index contributed by atoms with van der Waals surface area (Å²) in [6.07, 6.45) is -4.03. The number of hydrogen-bond acceptors (Lipinski definition) is 4. The quantitative estimate of drug-likeness (QED) is 0.884. The molecule has 0 bridgehead atoms. The molecule has 0 amide bonds. The molecule has 1 atom stereocenters. The lowest BCUT2D eigenvalue weighted by Gasteiger charge is -2.15. The molecule has 2 aromatic heterocycles. The Balaban J connectivity index is 2.55. The highest BCUT2D eigenvalue weighted by Crippen LogP contribution is 2.30. The molecular formula is C10H11F3N4OS. The van der Waals surface area contributed by atoms with Crippen LogP contribution in [0.5, 0.6) is 5.88 Å². The third-order valence-corrected chi connectivity index (χ3v) is 2.93. The molecule has 104 valence electrons. The van der Waals surface area contributed by atoms with Crippen molar-refractivity contribution in [1.82, 2.24) is 19.5 Å². The maximum absolute atomic E-state index is 12.5. The number of rotatable bonds is 3. The first-order valence-electron chi connectivity index (χ1n) is 5.39. The number of nitrogens with zero attached hydrogens (tertiary/aromatic N) is 3. The van der Waals surface area contributed by atoms with Crippen LogP contribution < -0.4 is 4.74 Å². The van der Waals surface area contributed by atoms with Crippen LogP contribution in [0.15, 0.2) is 6.33 Å². The van der Waals surface area contributed by atoms with Gasteiger partial charge >= 0.3 is 6.18 Å². The zero-order chi connectivity index (χ0) is 14.2. The van der Waals surface area contributed by atoms with Crippen molar-refractivity contribution >= 4 is 23.4 Å². The van der Waals surface area contributed by atoms with Gasteiger partial charge in [0.15, 0.2) is 10.4 Å². The molecular weight excluding hydrogens is 281 g/mol. The molecule has 2 rings (SSSR count). The molecule has 0 aliphatic rings. The summed E-state index contributed by atoms with van der Waals surface area (Å²) in [6.45, 7) is 1.44. The maximum atomic E-state index is 12.5. The van der Waals surface area contributed by atoms with Gasteiger partial charge in [0.2, 0.25) is 5.88 Å². The van der Waals surface area contributed by atoms with E-state index in [1.54, 1.807) is 0 Å². The van der Waals surface area contributed by atoms with E-state index in [1.165, 1.54) is 24.9 Å². The lowest BCUT2D eigenvalue weighted by atomic mass is 10.2. The van der Waals surface area contributed by atoms with Crippen molar-refractivity contribution in [3.63, 3.8) is 0 Å². The smallest absolute Gasteiger partial charge is 0.391 e. The number of methoxy groups -OCH3 is 1. The van der Waals surface area contributed by atoms with Crippen LogP contribution >= 0.6 is 12.2 Å². The highest BCUT2D eigenvalue weighted by Gasteiger charge is 2.32. The molecule has 0 radical (unpaired) electrons. The maximum Gasteiger partial charge on any atom is 0.391 e. The third kappa shape index (κ3) is 2.70. The van der Waals surface area contributed by atoms with Crippen molar-refractivity contribution < 1.29 is 17.9 Å². The molecule has 1 N–H and O–H groups in total. The molecule has 5 nitrogen and oxygen atoms in total. The summed E-state index contributed by atoms with van der Waals surface area (Å²) in [4.78, 5) is 10.6. The highest BCUT2D eigenvalue weighted by molar-refractivity contribution is 7.71. The van der Waals surface area contributed by atoms with E-state index >= 15 is 0 Å². The minimum atomic E-state index is -4.27. The highest BCUT2D eigenvalue weighted by atomic mass is 32.1. The monoisotopic (exact) mass is 292 g/mol.